The monoisotopic (exact) mass is 288 g/mol. The molecular weight excluding hydrogens is 268 g/mol. The number of rotatable bonds is 4. The van der Waals surface area contributed by atoms with Crippen molar-refractivity contribution in [2.24, 2.45) is 0 Å². The fourth-order valence-corrected chi connectivity index (χ4v) is 2.73. The highest BCUT2D eigenvalue weighted by atomic mass is 16.5. The van der Waals surface area contributed by atoms with Gasteiger partial charge in [0.25, 0.3) is 0 Å². The molecule has 0 saturated heterocycles. The van der Waals surface area contributed by atoms with Crippen LogP contribution >= 0.6 is 0 Å². The maximum Gasteiger partial charge on any atom is 0.346 e. The van der Waals surface area contributed by atoms with E-state index in [4.69, 9.17) is 10.5 Å². The van der Waals surface area contributed by atoms with Gasteiger partial charge < -0.3 is 10.5 Å². The van der Waals surface area contributed by atoms with Crippen molar-refractivity contribution in [1.82, 2.24) is 14.3 Å². The van der Waals surface area contributed by atoms with Crippen LogP contribution in [0, 0.1) is 0 Å². The van der Waals surface area contributed by atoms with Crippen molar-refractivity contribution in [1.29, 1.82) is 0 Å². The fraction of sp³-hybridized carbons (Fsp3) is 0.467. The van der Waals surface area contributed by atoms with Crippen LogP contribution in [0.3, 0.4) is 0 Å². The number of hydrogen-bond donors (Lipinski definition) is 1. The van der Waals surface area contributed by atoms with Gasteiger partial charge in [0.05, 0.1) is 13.2 Å². The molecule has 0 spiro atoms. The van der Waals surface area contributed by atoms with Gasteiger partial charge in [-0.2, -0.15) is 5.10 Å². The highest BCUT2D eigenvalue weighted by Gasteiger charge is 2.17. The van der Waals surface area contributed by atoms with Crippen molar-refractivity contribution in [2.75, 3.05) is 12.3 Å². The minimum Gasteiger partial charge on any atom is -0.494 e. The topological polar surface area (TPSA) is 75.1 Å². The second kappa shape index (κ2) is 5.63. The third-order valence-electron chi connectivity index (χ3n) is 3.74. The first kappa shape index (κ1) is 13.7. The van der Waals surface area contributed by atoms with E-state index < -0.39 is 0 Å². The molecule has 2 heterocycles. The van der Waals surface area contributed by atoms with Gasteiger partial charge in [-0.05, 0) is 38.0 Å². The number of nitrogens with two attached hydrogens (primary N) is 1. The zero-order valence-electron chi connectivity index (χ0n) is 12.2. The molecule has 0 unspecified atom stereocenters. The van der Waals surface area contributed by atoms with Crippen molar-refractivity contribution < 1.29 is 4.74 Å². The summed E-state index contributed by atoms with van der Waals surface area (Å²) in [5.41, 5.74) is 7.34. The van der Waals surface area contributed by atoms with Gasteiger partial charge in [0.2, 0.25) is 0 Å². The number of ether oxygens (including phenoxy) is 1. The molecule has 1 aliphatic heterocycles. The molecule has 21 heavy (non-hydrogen) atoms. The average Bonchev–Trinajstić information content (AvgIpc) is 2.79. The molecule has 0 saturated carbocycles. The van der Waals surface area contributed by atoms with E-state index in [1.165, 1.54) is 4.68 Å². The summed E-state index contributed by atoms with van der Waals surface area (Å²) in [5, 5.41) is 4.45. The summed E-state index contributed by atoms with van der Waals surface area (Å²) in [6.45, 7) is 3.66. The maximum absolute atomic E-state index is 12.4. The van der Waals surface area contributed by atoms with Crippen LogP contribution in [0.4, 0.5) is 5.69 Å². The first-order valence-corrected chi connectivity index (χ1v) is 7.36. The van der Waals surface area contributed by atoms with Crippen LogP contribution in [0.25, 0.3) is 0 Å². The molecule has 112 valence electrons. The molecule has 6 heteroatoms. The summed E-state index contributed by atoms with van der Waals surface area (Å²) in [6.07, 6.45) is 3.01. The van der Waals surface area contributed by atoms with E-state index in [-0.39, 0.29) is 5.69 Å². The molecule has 0 atom stereocenters. The van der Waals surface area contributed by atoms with Gasteiger partial charge in [0.1, 0.15) is 11.6 Å². The number of aryl methyl sites for hydroxylation is 1. The molecule has 2 aromatic rings. The first-order chi connectivity index (χ1) is 10.2. The summed E-state index contributed by atoms with van der Waals surface area (Å²) >= 11 is 0. The third kappa shape index (κ3) is 2.66. The van der Waals surface area contributed by atoms with Gasteiger partial charge in [-0.3, -0.25) is 4.57 Å². The average molecular weight is 288 g/mol. The Morgan fingerprint density at radius 2 is 2.24 bits per heavy atom. The quantitative estimate of drug-likeness (QED) is 0.863. The number of nitrogens with zero attached hydrogens (tertiary/aromatic N) is 3. The summed E-state index contributed by atoms with van der Waals surface area (Å²) in [6, 6.07) is 5.49. The number of aromatic nitrogens is 3. The van der Waals surface area contributed by atoms with E-state index in [1.807, 2.05) is 19.1 Å². The number of fused-ring (bicyclic) bond motifs is 1. The van der Waals surface area contributed by atoms with Crippen molar-refractivity contribution in [2.45, 2.75) is 39.3 Å². The van der Waals surface area contributed by atoms with Crippen LogP contribution in [0.2, 0.25) is 0 Å². The standard InChI is InChI=1S/C15H20N4O2/c1-2-21-13-7-6-12(16)9-11(13)10-19-15(20)18-8-4-3-5-14(18)17-19/h6-7,9H,2-5,8,10,16H2,1H3. The largest absolute Gasteiger partial charge is 0.494 e. The Hall–Kier alpha value is -2.24. The van der Waals surface area contributed by atoms with Gasteiger partial charge >= 0.3 is 5.69 Å². The summed E-state index contributed by atoms with van der Waals surface area (Å²) in [5.74, 6) is 1.64. The lowest BCUT2D eigenvalue weighted by atomic mass is 10.2. The minimum atomic E-state index is -0.0467. The Labute approximate surface area is 123 Å². The van der Waals surface area contributed by atoms with E-state index in [0.29, 0.717) is 18.8 Å². The van der Waals surface area contributed by atoms with Crippen molar-refractivity contribution in [3.8, 4) is 5.75 Å². The first-order valence-electron chi connectivity index (χ1n) is 7.36. The summed E-state index contributed by atoms with van der Waals surface area (Å²) in [4.78, 5) is 12.4. The van der Waals surface area contributed by atoms with Gasteiger partial charge in [0, 0.05) is 24.2 Å². The number of benzene rings is 1. The number of anilines is 1. The van der Waals surface area contributed by atoms with Gasteiger partial charge in [0.15, 0.2) is 0 Å². The lowest BCUT2D eigenvalue weighted by molar-refractivity contribution is 0.335. The van der Waals surface area contributed by atoms with Gasteiger partial charge in [-0.15, -0.1) is 0 Å². The van der Waals surface area contributed by atoms with Crippen LogP contribution in [-0.2, 0) is 19.5 Å². The highest BCUT2D eigenvalue weighted by molar-refractivity contribution is 5.47. The Bertz CT molecular complexity index is 702. The van der Waals surface area contributed by atoms with Gasteiger partial charge in [-0.1, -0.05) is 0 Å². The molecule has 1 aromatic heterocycles. The molecule has 3 rings (SSSR count). The second-order valence-electron chi connectivity index (χ2n) is 5.27. The van der Waals surface area contributed by atoms with Crippen LogP contribution in [0.5, 0.6) is 5.75 Å². The molecule has 2 N–H and O–H groups in total. The van der Waals surface area contributed by atoms with Crippen molar-refractivity contribution >= 4 is 5.69 Å². The predicted octanol–water partition coefficient (Wildman–Crippen LogP) is 1.41. The zero-order valence-corrected chi connectivity index (χ0v) is 12.2. The Balaban J connectivity index is 1.95. The lowest BCUT2D eigenvalue weighted by Gasteiger charge is -2.10. The summed E-state index contributed by atoms with van der Waals surface area (Å²) < 4.78 is 8.89. The van der Waals surface area contributed by atoms with E-state index >= 15 is 0 Å². The molecule has 6 nitrogen and oxygen atoms in total. The highest BCUT2D eigenvalue weighted by Crippen LogP contribution is 2.22. The van der Waals surface area contributed by atoms with Crippen molar-refractivity contribution in [3.05, 3.63) is 40.1 Å². The van der Waals surface area contributed by atoms with Gasteiger partial charge in [-0.25, -0.2) is 9.48 Å². The molecule has 0 radical (unpaired) electrons. The normalized spacial score (nSPS) is 14.0. The maximum atomic E-state index is 12.4. The molecule has 1 aromatic carbocycles. The zero-order chi connectivity index (χ0) is 14.8. The third-order valence-corrected chi connectivity index (χ3v) is 3.74. The molecule has 0 amide bonds. The predicted molar refractivity (Wildman–Crippen MR) is 80.6 cm³/mol. The number of nitrogen functional groups attached to an aromatic ring is 1. The van der Waals surface area contributed by atoms with Crippen molar-refractivity contribution in [3.63, 3.8) is 0 Å². The van der Waals surface area contributed by atoms with Crippen LogP contribution in [0.15, 0.2) is 23.0 Å². The molecule has 1 aliphatic rings. The van der Waals surface area contributed by atoms with E-state index in [1.54, 1.807) is 10.6 Å². The second-order valence-corrected chi connectivity index (χ2v) is 5.27. The van der Waals surface area contributed by atoms with Crippen LogP contribution in [0.1, 0.15) is 31.2 Å². The van der Waals surface area contributed by atoms with Crippen LogP contribution in [-0.4, -0.2) is 21.0 Å². The van der Waals surface area contributed by atoms with E-state index in [0.717, 1.165) is 42.9 Å². The Morgan fingerprint density at radius 3 is 3.00 bits per heavy atom. The smallest absolute Gasteiger partial charge is 0.346 e. The Morgan fingerprint density at radius 1 is 1.38 bits per heavy atom. The lowest BCUT2D eigenvalue weighted by Crippen LogP contribution is -2.27. The number of hydrogen-bond acceptors (Lipinski definition) is 4. The van der Waals surface area contributed by atoms with E-state index in [9.17, 15) is 4.79 Å². The molecule has 0 fully saturated rings. The molecule has 0 aliphatic carbocycles. The van der Waals surface area contributed by atoms with Crippen LogP contribution < -0.4 is 16.2 Å². The summed E-state index contributed by atoms with van der Waals surface area (Å²) in [7, 11) is 0. The fourth-order valence-electron chi connectivity index (χ4n) is 2.73. The molecule has 0 bridgehead atoms. The van der Waals surface area contributed by atoms with E-state index in [2.05, 4.69) is 5.10 Å². The SMILES string of the molecule is CCOc1ccc(N)cc1Cn1nc2n(c1=O)CCCC2. The Kier molecular flexibility index (Phi) is 3.68. The minimum absolute atomic E-state index is 0.0467. The molecular formula is C15H20N4O2.